The number of benzene rings is 1. The number of hydrogen-bond acceptors (Lipinski definition) is 3. The molecule has 0 aliphatic heterocycles. The second-order valence-corrected chi connectivity index (χ2v) is 5.88. The molecular formula is C15H24Cl2N2O2. The van der Waals surface area contributed by atoms with Crippen molar-refractivity contribution in [2.24, 2.45) is 11.7 Å². The molecule has 0 saturated carbocycles. The smallest absolute Gasteiger partial charge is 0.258 e. The van der Waals surface area contributed by atoms with Gasteiger partial charge in [-0.1, -0.05) is 31.5 Å². The van der Waals surface area contributed by atoms with Gasteiger partial charge in [0.15, 0.2) is 6.61 Å². The van der Waals surface area contributed by atoms with Crippen LogP contribution in [0, 0.1) is 12.8 Å². The third-order valence-electron chi connectivity index (χ3n) is 3.70. The van der Waals surface area contributed by atoms with Crippen molar-refractivity contribution in [2.45, 2.75) is 33.2 Å². The highest BCUT2D eigenvalue weighted by atomic mass is 35.5. The number of hydrogen-bond donors (Lipinski definition) is 2. The normalized spacial score (nSPS) is 13.3. The molecule has 1 unspecified atom stereocenters. The largest absolute Gasteiger partial charge is 0.483 e. The first-order chi connectivity index (χ1) is 9.30. The van der Waals surface area contributed by atoms with Gasteiger partial charge in [0.25, 0.3) is 5.91 Å². The summed E-state index contributed by atoms with van der Waals surface area (Å²) in [5, 5.41) is 3.55. The Bertz CT molecular complexity index is 481. The summed E-state index contributed by atoms with van der Waals surface area (Å²) in [6.07, 6.45) is 0. The third kappa shape index (κ3) is 5.38. The molecule has 1 rings (SSSR count). The van der Waals surface area contributed by atoms with E-state index in [1.165, 1.54) is 0 Å². The Balaban J connectivity index is 0.00000400. The Kier molecular flexibility index (Phi) is 8.08. The van der Waals surface area contributed by atoms with Gasteiger partial charge >= 0.3 is 0 Å². The van der Waals surface area contributed by atoms with Crippen LogP contribution in [0.3, 0.4) is 0 Å². The molecule has 0 bridgehead atoms. The van der Waals surface area contributed by atoms with Gasteiger partial charge < -0.3 is 15.8 Å². The van der Waals surface area contributed by atoms with Gasteiger partial charge in [0, 0.05) is 17.1 Å². The number of rotatable bonds is 6. The van der Waals surface area contributed by atoms with Gasteiger partial charge in [-0.3, -0.25) is 4.79 Å². The molecule has 0 aromatic heterocycles. The van der Waals surface area contributed by atoms with Gasteiger partial charge in [0.05, 0.1) is 5.54 Å². The molecule has 120 valence electrons. The average molecular weight is 335 g/mol. The van der Waals surface area contributed by atoms with Crippen molar-refractivity contribution < 1.29 is 9.53 Å². The molecule has 1 aromatic carbocycles. The van der Waals surface area contributed by atoms with E-state index in [-0.39, 0.29) is 30.8 Å². The molecule has 0 spiro atoms. The van der Waals surface area contributed by atoms with E-state index in [0.717, 1.165) is 5.56 Å². The summed E-state index contributed by atoms with van der Waals surface area (Å²) in [7, 11) is 0. The van der Waals surface area contributed by atoms with Crippen LogP contribution in [0.2, 0.25) is 5.02 Å². The van der Waals surface area contributed by atoms with Crippen LogP contribution in [0.15, 0.2) is 18.2 Å². The van der Waals surface area contributed by atoms with Crippen LogP contribution in [0.25, 0.3) is 0 Å². The van der Waals surface area contributed by atoms with E-state index in [9.17, 15) is 4.79 Å². The number of ether oxygens (including phenoxy) is 1. The summed E-state index contributed by atoms with van der Waals surface area (Å²) in [5.74, 6) is 0.669. The topological polar surface area (TPSA) is 64.3 Å². The lowest BCUT2D eigenvalue weighted by Gasteiger charge is -2.33. The van der Waals surface area contributed by atoms with Crippen molar-refractivity contribution in [3.05, 3.63) is 28.8 Å². The van der Waals surface area contributed by atoms with E-state index >= 15 is 0 Å². The van der Waals surface area contributed by atoms with Crippen molar-refractivity contribution in [3.63, 3.8) is 0 Å². The van der Waals surface area contributed by atoms with Crippen LogP contribution in [0.4, 0.5) is 0 Å². The first-order valence-electron chi connectivity index (χ1n) is 6.69. The SMILES string of the molecule is Cc1c(Cl)cccc1OCC(=O)NC(C)(CN)C(C)C.Cl. The van der Waals surface area contributed by atoms with Gasteiger partial charge in [-0.15, -0.1) is 12.4 Å². The molecule has 1 atom stereocenters. The lowest BCUT2D eigenvalue weighted by atomic mass is 9.88. The highest BCUT2D eigenvalue weighted by Crippen LogP contribution is 2.25. The van der Waals surface area contributed by atoms with Crippen molar-refractivity contribution in [3.8, 4) is 5.75 Å². The molecule has 1 aromatic rings. The molecule has 21 heavy (non-hydrogen) atoms. The number of carbonyl (C=O) groups excluding carboxylic acids is 1. The van der Waals surface area contributed by atoms with Crippen molar-refractivity contribution in [1.82, 2.24) is 5.32 Å². The van der Waals surface area contributed by atoms with Gasteiger partial charge in [-0.2, -0.15) is 0 Å². The molecule has 0 saturated heterocycles. The highest BCUT2D eigenvalue weighted by molar-refractivity contribution is 6.31. The summed E-state index contributed by atoms with van der Waals surface area (Å²) < 4.78 is 5.51. The third-order valence-corrected chi connectivity index (χ3v) is 4.11. The van der Waals surface area contributed by atoms with Gasteiger partial charge in [-0.25, -0.2) is 0 Å². The fourth-order valence-corrected chi connectivity index (χ4v) is 1.84. The van der Waals surface area contributed by atoms with Crippen molar-refractivity contribution in [1.29, 1.82) is 0 Å². The molecule has 3 N–H and O–H groups in total. The zero-order valence-electron chi connectivity index (χ0n) is 12.9. The average Bonchev–Trinajstić information content (AvgIpc) is 2.40. The van der Waals surface area contributed by atoms with Crippen LogP contribution in [0.1, 0.15) is 26.3 Å². The Morgan fingerprint density at radius 3 is 2.62 bits per heavy atom. The Morgan fingerprint density at radius 2 is 2.10 bits per heavy atom. The second-order valence-electron chi connectivity index (χ2n) is 5.48. The van der Waals surface area contributed by atoms with E-state index in [0.29, 0.717) is 17.3 Å². The standard InChI is InChI=1S/C15H23ClN2O2.ClH/c1-10(2)15(4,9-17)18-14(19)8-20-13-7-5-6-12(16)11(13)3;/h5-7,10H,8-9,17H2,1-4H3,(H,18,19);1H. The molecule has 6 heteroatoms. The van der Waals surface area contributed by atoms with Crippen molar-refractivity contribution in [2.75, 3.05) is 13.2 Å². The van der Waals surface area contributed by atoms with Gasteiger partial charge in [-0.05, 0) is 31.9 Å². The lowest BCUT2D eigenvalue weighted by molar-refractivity contribution is -0.125. The van der Waals surface area contributed by atoms with E-state index in [4.69, 9.17) is 22.1 Å². The number of carbonyl (C=O) groups is 1. The Hall–Kier alpha value is -0.970. The second kappa shape index (κ2) is 8.47. The molecular weight excluding hydrogens is 311 g/mol. The maximum atomic E-state index is 12.0. The Labute approximate surface area is 137 Å². The summed E-state index contributed by atoms with van der Waals surface area (Å²) in [6, 6.07) is 5.37. The number of nitrogens with one attached hydrogen (secondary N) is 1. The first kappa shape index (κ1) is 20.0. The number of nitrogens with two attached hydrogens (primary N) is 1. The van der Waals surface area contributed by atoms with Gasteiger partial charge in [0.1, 0.15) is 5.75 Å². The van der Waals surface area contributed by atoms with Crippen LogP contribution >= 0.6 is 24.0 Å². The molecule has 1 amide bonds. The van der Waals surface area contributed by atoms with E-state index < -0.39 is 5.54 Å². The Morgan fingerprint density at radius 1 is 1.48 bits per heavy atom. The fraction of sp³-hybridized carbons (Fsp3) is 0.533. The molecule has 0 aliphatic carbocycles. The van der Waals surface area contributed by atoms with Gasteiger partial charge in [0.2, 0.25) is 0 Å². The van der Waals surface area contributed by atoms with Crippen LogP contribution in [-0.2, 0) is 4.79 Å². The van der Waals surface area contributed by atoms with Crippen molar-refractivity contribution >= 4 is 29.9 Å². The maximum absolute atomic E-state index is 12.0. The van der Waals surface area contributed by atoms with Crippen LogP contribution in [-0.4, -0.2) is 24.6 Å². The highest BCUT2D eigenvalue weighted by Gasteiger charge is 2.28. The quantitative estimate of drug-likeness (QED) is 0.840. The monoisotopic (exact) mass is 334 g/mol. The minimum absolute atomic E-state index is 0. The molecule has 0 aliphatic rings. The molecule has 0 heterocycles. The first-order valence-corrected chi connectivity index (χ1v) is 7.07. The minimum atomic E-state index is -0.427. The zero-order valence-corrected chi connectivity index (χ0v) is 14.5. The molecule has 4 nitrogen and oxygen atoms in total. The summed E-state index contributed by atoms with van der Waals surface area (Å²) in [5.41, 5.74) is 6.13. The minimum Gasteiger partial charge on any atom is -0.483 e. The van der Waals surface area contributed by atoms with E-state index in [2.05, 4.69) is 5.32 Å². The summed E-state index contributed by atoms with van der Waals surface area (Å²) >= 11 is 6.00. The number of amides is 1. The predicted molar refractivity (Wildman–Crippen MR) is 89.4 cm³/mol. The predicted octanol–water partition coefficient (Wildman–Crippen LogP) is 2.94. The number of halogens is 2. The lowest BCUT2D eigenvalue weighted by Crippen LogP contribution is -2.56. The van der Waals surface area contributed by atoms with E-state index in [1.807, 2.05) is 27.7 Å². The fourth-order valence-electron chi connectivity index (χ4n) is 1.67. The molecule has 0 fully saturated rings. The van der Waals surface area contributed by atoms with Crippen LogP contribution in [0.5, 0.6) is 5.75 Å². The van der Waals surface area contributed by atoms with Crippen LogP contribution < -0.4 is 15.8 Å². The van der Waals surface area contributed by atoms with E-state index in [1.54, 1.807) is 18.2 Å². The zero-order chi connectivity index (χ0) is 15.3. The maximum Gasteiger partial charge on any atom is 0.258 e. The summed E-state index contributed by atoms with van der Waals surface area (Å²) in [4.78, 5) is 12.0. The molecule has 0 radical (unpaired) electrons. The summed E-state index contributed by atoms with van der Waals surface area (Å²) in [6.45, 7) is 8.16.